The van der Waals surface area contributed by atoms with Gasteiger partial charge in [-0.05, 0) is 43.5 Å². The van der Waals surface area contributed by atoms with Crippen LogP contribution in [0.3, 0.4) is 0 Å². The molecule has 114 valence electrons. The van der Waals surface area contributed by atoms with Gasteiger partial charge in [0, 0.05) is 11.4 Å². The number of rotatable bonds is 3. The summed E-state index contributed by atoms with van der Waals surface area (Å²) in [7, 11) is 0. The van der Waals surface area contributed by atoms with Crippen LogP contribution in [0.2, 0.25) is 0 Å². The minimum atomic E-state index is -4.42. The molecule has 2 rings (SSSR count). The van der Waals surface area contributed by atoms with Crippen LogP contribution >= 0.6 is 0 Å². The van der Waals surface area contributed by atoms with E-state index in [2.05, 4.69) is 5.10 Å². The van der Waals surface area contributed by atoms with Crippen LogP contribution in [0, 0.1) is 13.8 Å². The largest absolute Gasteiger partial charge is 0.416 e. The van der Waals surface area contributed by atoms with Crippen molar-refractivity contribution < 1.29 is 13.2 Å². The second-order valence-corrected chi connectivity index (χ2v) is 5.07. The number of nitrogens with two attached hydrogens (primary N) is 1. The van der Waals surface area contributed by atoms with Crippen molar-refractivity contribution in [3.63, 3.8) is 0 Å². The van der Waals surface area contributed by atoms with Crippen molar-refractivity contribution >= 4 is 5.69 Å². The van der Waals surface area contributed by atoms with Crippen LogP contribution in [-0.4, -0.2) is 9.78 Å². The van der Waals surface area contributed by atoms with Gasteiger partial charge in [0.15, 0.2) is 0 Å². The Labute approximate surface area is 121 Å². The first kappa shape index (κ1) is 15.4. The lowest BCUT2D eigenvalue weighted by atomic mass is 10.1. The summed E-state index contributed by atoms with van der Waals surface area (Å²) in [6.07, 6.45) is -3.61. The van der Waals surface area contributed by atoms with E-state index in [9.17, 15) is 13.2 Å². The van der Waals surface area contributed by atoms with Crippen molar-refractivity contribution in [1.29, 1.82) is 0 Å². The van der Waals surface area contributed by atoms with Gasteiger partial charge in [-0.15, -0.1) is 0 Å². The molecule has 0 radical (unpaired) electrons. The fraction of sp³-hybridized carbons (Fsp3) is 0.400. The molecule has 0 saturated heterocycles. The Bertz CT molecular complexity index is 657. The summed E-state index contributed by atoms with van der Waals surface area (Å²) in [6, 6.07) is 3.87. The van der Waals surface area contributed by atoms with Crippen LogP contribution < -0.4 is 5.73 Å². The molecule has 0 spiro atoms. The first-order valence-corrected chi connectivity index (χ1v) is 6.72. The fourth-order valence-corrected chi connectivity index (χ4v) is 2.56. The van der Waals surface area contributed by atoms with Gasteiger partial charge in [-0.1, -0.05) is 13.0 Å². The third-order valence-electron chi connectivity index (χ3n) is 3.64. The molecule has 0 aliphatic heterocycles. The van der Waals surface area contributed by atoms with E-state index in [0.29, 0.717) is 0 Å². The third kappa shape index (κ3) is 3.04. The lowest BCUT2D eigenvalue weighted by Gasteiger charge is -2.14. The maximum absolute atomic E-state index is 13.1. The molecule has 0 amide bonds. The van der Waals surface area contributed by atoms with Gasteiger partial charge in [0.05, 0.1) is 17.8 Å². The molecule has 0 atom stereocenters. The fourth-order valence-electron chi connectivity index (χ4n) is 2.56. The average Bonchev–Trinajstić information content (AvgIpc) is 2.65. The molecule has 2 aromatic rings. The summed E-state index contributed by atoms with van der Waals surface area (Å²) < 4.78 is 40.9. The Morgan fingerprint density at radius 1 is 1.24 bits per heavy atom. The van der Waals surface area contributed by atoms with Crippen molar-refractivity contribution in [3.05, 3.63) is 46.3 Å². The van der Waals surface area contributed by atoms with E-state index in [1.165, 1.54) is 12.1 Å². The highest BCUT2D eigenvalue weighted by molar-refractivity contribution is 5.46. The van der Waals surface area contributed by atoms with Gasteiger partial charge in [-0.25, -0.2) is 0 Å². The summed E-state index contributed by atoms with van der Waals surface area (Å²) in [5.74, 6) is 0. The molecule has 0 saturated carbocycles. The second kappa shape index (κ2) is 5.42. The first-order chi connectivity index (χ1) is 9.74. The number of aromatic nitrogens is 2. The van der Waals surface area contributed by atoms with E-state index >= 15 is 0 Å². The van der Waals surface area contributed by atoms with E-state index in [1.54, 1.807) is 4.68 Å². The molecule has 2 N–H and O–H groups in total. The Hall–Kier alpha value is -1.98. The molecule has 0 unspecified atom stereocenters. The summed E-state index contributed by atoms with van der Waals surface area (Å²) in [5, 5.41) is 4.34. The maximum atomic E-state index is 13.1. The summed E-state index contributed by atoms with van der Waals surface area (Å²) in [4.78, 5) is 0. The zero-order valence-corrected chi connectivity index (χ0v) is 12.3. The number of hydrogen-bond donors (Lipinski definition) is 1. The van der Waals surface area contributed by atoms with Gasteiger partial charge in [0.2, 0.25) is 0 Å². The zero-order chi connectivity index (χ0) is 15.8. The minimum Gasteiger partial charge on any atom is -0.399 e. The lowest BCUT2D eigenvalue weighted by molar-refractivity contribution is -0.138. The van der Waals surface area contributed by atoms with Crippen molar-refractivity contribution in [1.82, 2.24) is 9.78 Å². The summed E-state index contributed by atoms with van der Waals surface area (Å²) >= 11 is 0. The molecule has 1 aromatic carbocycles. The van der Waals surface area contributed by atoms with Gasteiger partial charge in [0.1, 0.15) is 0 Å². The molecule has 21 heavy (non-hydrogen) atoms. The first-order valence-electron chi connectivity index (χ1n) is 6.72. The predicted octanol–water partition coefficient (Wildman–Crippen LogP) is 3.71. The van der Waals surface area contributed by atoms with Crippen LogP contribution in [0.5, 0.6) is 0 Å². The van der Waals surface area contributed by atoms with Crippen molar-refractivity contribution in [2.75, 3.05) is 5.73 Å². The third-order valence-corrected chi connectivity index (χ3v) is 3.64. The number of nitrogens with zero attached hydrogens (tertiary/aromatic N) is 2. The lowest BCUT2D eigenvalue weighted by Crippen LogP contribution is -2.13. The number of anilines is 1. The summed E-state index contributed by atoms with van der Waals surface area (Å²) in [6.45, 7) is 5.84. The standard InChI is InChI=1S/C15H18F3N3/c1-4-13-9(2)20-21(10(13)3)8-11-5-6-12(19)7-14(11)15(16,17)18/h5-7H,4,8,19H2,1-3H3. The van der Waals surface area contributed by atoms with Gasteiger partial charge >= 0.3 is 6.18 Å². The Morgan fingerprint density at radius 2 is 1.90 bits per heavy atom. The topological polar surface area (TPSA) is 43.8 Å². The molecular formula is C15H18F3N3. The highest BCUT2D eigenvalue weighted by atomic mass is 19.4. The molecule has 3 nitrogen and oxygen atoms in total. The van der Waals surface area contributed by atoms with Crippen LogP contribution in [0.1, 0.15) is 35.0 Å². The monoisotopic (exact) mass is 297 g/mol. The van der Waals surface area contributed by atoms with Crippen molar-refractivity contribution in [2.24, 2.45) is 0 Å². The van der Waals surface area contributed by atoms with Gasteiger partial charge in [-0.2, -0.15) is 18.3 Å². The second-order valence-electron chi connectivity index (χ2n) is 5.07. The molecule has 1 heterocycles. The molecule has 0 aliphatic rings. The van der Waals surface area contributed by atoms with Gasteiger partial charge in [0.25, 0.3) is 0 Å². The number of aryl methyl sites for hydroxylation is 1. The minimum absolute atomic E-state index is 0.0851. The van der Waals surface area contributed by atoms with E-state index in [1.807, 2.05) is 20.8 Å². The van der Waals surface area contributed by atoms with Crippen LogP contribution in [0.4, 0.5) is 18.9 Å². The van der Waals surface area contributed by atoms with Gasteiger partial charge in [-0.3, -0.25) is 4.68 Å². The number of nitrogen functional groups attached to an aromatic ring is 1. The molecule has 0 aliphatic carbocycles. The number of hydrogen-bond acceptors (Lipinski definition) is 2. The van der Waals surface area contributed by atoms with Crippen LogP contribution in [-0.2, 0) is 19.1 Å². The SMILES string of the molecule is CCc1c(C)nn(Cc2ccc(N)cc2C(F)(F)F)c1C. The van der Waals surface area contributed by atoms with E-state index < -0.39 is 11.7 Å². The number of benzene rings is 1. The van der Waals surface area contributed by atoms with Crippen molar-refractivity contribution in [3.8, 4) is 0 Å². The van der Waals surface area contributed by atoms with E-state index in [0.717, 1.165) is 29.4 Å². The molecular weight excluding hydrogens is 279 g/mol. The molecule has 6 heteroatoms. The maximum Gasteiger partial charge on any atom is 0.416 e. The van der Waals surface area contributed by atoms with Crippen molar-refractivity contribution in [2.45, 2.75) is 39.9 Å². The normalized spacial score (nSPS) is 11.9. The quantitative estimate of drug-likeness (QED) is 0.878. The van der Waals surface area contributed by atoms with E-state index in [4.69, 9.17) is 5.73 Å². The molecule has 1 aromatic heterocycles. The Kier molecular flexibility index (Phi) is 3.98. The molecule has 0 fully saturated rings. The van der Waals surface area contributed by atoms with Crippen LogP contribution in [0.15, 0.2) is 18.2 Å². The van der Waals surface area contributed by atoms with Crippen LogP contribution in [0.25, 0.3) is 0 Å². The zero-order valence-electron chi connectivity index (χ0n) is 12.3. The highest BCUT2D eigenvalue weighted by Gasteiger charge is 2.33. The Balaban J connectivity index is 2.45. The molecule has 0 bridgehead atoms. The smallest absolute Gasteiger partial charge is 0.399 e. The van der Waals surface area contributed by atoms with Gasteiger partial charge < -0.3 is 5.73 Å². The number of alkyl halides is 3. The summed E-state index contributed by atoms with van der Waals surface area (Å²) in [5.41, 5.74) is 7.90. The Morgan fingerprint density at radius 3 is 2.43 bits per heavy atom. The predicted molar refractivity (Wildman–Crippen MR) is 76.0 cm³/mol. The van der Waals surface area contributed by atoms with E-state index in [-0.39, 0.29) is 17.8 Å². The number of halogens is 3. The highest BCUT2D eigenvalue weighted by Crippen LogP contribution is 2.34. The average molecular weight is 297 g/mol.